The van der Waals surface area contributed by atoms with Crippen LogP contribution in [0, 0.1) is 0 Å². The smallest absolute Gasteiger partial charge is 0.353 e. The molecule has 2 aromatic heterocycles. The fraction of sp³-hybridized carbons (Fsp3) is 0.571. The number of nitrogens with zero attached hydrogens (tertiary/aromatic N) is 5. The second-order valence-corrected chi connectivity index (χ2v) is 5.79. The van der Waals surface area contributed by atoms with Gasteiger partial charge in [-0.15, -0.1) is 0 Å². The van der Waals surface area contributed by atoms with Gasteiger partial charge < -0.3 is 14.2 Å². The summed E-state index contributed by atoms with van der Waals surface area (Å²) in [6.45, 7) is 1.54. The van der Waals surface area contributed by atoms with E-state index < -0.39 is 11.9 Å². The number of fused-ring (bicyclic) bond motifs is 1. The number of anilines is 1. The minimum atomic E-state index is -4.44. The fourth-order valence-corrected chi connectivity index (χ4v) is 2.86. The summed E-state index contributed by atoms with van der Waals surface area (Å²) in [5.74, 6) is 0.523. The molecular formula is C14H18F3N5. The predicted molar refractivity (Wildman–Crippen MR) is 76.9 cm³/mol. The van der Waals surface area contributed by atoms with Crippen LogP contribution in [0.5, 0.6) is 0 Å². The minimum Gasteiger partial charge on any atom is -0.353 e. The van der Waals surface area contributed by atoms with Crippen molar-refractivity contribution in [3.05, 3.63) is 24.3 Å². The highest BCUT2D eigenvalue weighted by molar-refractivity contribution is 5.64. The Morgan fingerprint density at radius 3 is 2.50 bits per heavy atom. The molecule has 0 atom stereocenters. The van der Waals surface area contributed by atoms with Gasteiger partial charge in [-0.2, -0.15) is 13.2 Å². The first-order chi connectivity index (χ1) is 10.4. The van der Waals surface area contributed by atoms with Gasteiger partial charge in [0.1, 0.15) is 0 Å². The Balaban J connectivity index is 1.90. The van der Waals surface area contributed by atoms with Crippen LogP contribution in [0.2, 0.25) is 0 Å². The predicted octanol–water partition coefficient (Wildman–Crippen LogP) is 2.28. The van der Waals surface area contributed by atoms with Crippen molar-refractivity contribution in [2.24, 2.45) is 0 Å². The molecule has 120 valence electrons. The maximum absolute atomic E-state index is 12.8. The first-order valence-electron chi connectivity index (χ1n) is 7.18. The SMILES string of the molecule is CN(C)C1CCN(c2nccn3cc(C(F)(F)F)nc23)CC1. The maximum atomic E-state index is 12.8. The van der Waals surface area contributed by atoms with Gasteiger partial charge in [-0.1, -0.05) is 0 Å². The van der Waals surface area contributed by atoms with E-state index in [9.17, 15) is 13.2 Å². The number of hydrogen-bond donors (Lipinski definition) is 0. The van der Waals surface area contributed by atoms with Gasteiger partial charge in [0.2, 0.25) is 0 Å². The van der Waals surface area contributed by atoms with Crippen LogP contribution < -0.4 is 4.90 Å². The van der Waals surface area contributed by atoms with E-state index >= 15 is 0 Å². The lowest BCUT2D eigenvalue weighted by molar-refractivity contribution is -0.140. The Bertz CT molecular complexity index is 656. The first kappa shape index (κ1) is 15.1. The van der Waals surface area contributed by atoms with Crippen molar-refractivity contribution < 1.29 is 13.2 Å². The van der Waals surface area contributed by atoms with E-state index in [2.05, 4.69) is 14.9 Å². The van der Waals surface area contributed by atoms with E-state index in [1.54, 1.807) is 0 Å². The molecule has 8 heteroatoms. The zero-order valence-corrected chi connectivity index (χ0v) is 12.5. The Hall–Kier alpha value is -1.83. The van der Waals surface area contributed by atoms with Crippen LogP contribution in [-0.4, -0.2) is 52.5 Å². The van der Waals surface area contributed by atoms with Crippen molar-refractivity contribution in [1.29, 1.82) is 0 Å². The van der Waals surface area contributed by atoms with E-state index in [0.29, 0.717) is 11.9 Å². The Morgan fingerprint density at radius 2 is 1.91 bits per heavy atom. The number of hydrogen-bond acceptors (Lipinski definition) is 4. The number of aromatic nitrogens is 3. The van der Waals surface area contributed by atoms with Gasteiger partial charge in [-0.3, -0.25) is 0 Å². The van der Waals surface area contributed by atoms with E-state index in [1.807, 2.05) is 19.0 Å². The average Bonchev–Trinajstić information content (AvgIpc) is 2.91. The van der Waals surface area contributed by atoms with Gasteiger partial charge in [0.15, 0.2) is 17.2 Å². The van der Waals surface area contributed by atoms with E-state index in [1.165, 1.54) is 16.8 Å². The molecule has 2 aromatic rings. The van der Waals surface area contributed by atoms with Crippen molar-refractivity contribution in [2.75, 3.05) is 32.1 Å². The van der Waals surface area contributed by atoms with Crippen molar-refractivity contribution in [3.63, 3.8) is 0 Å². The normalized spacial score (nSPS) is 17.6. The van der Waals surface area contributed by atoms with Crippen LogP contribution in [0.3, 0.4) is 0 Å². The highest BCUT2D eigenvalue weighted by Gasteiger charge is 2.34. The lowest BCUT2D eigenvalue weighted by Gasteiger charge is -2.35. The third kappa shape index (κ3) is 2.75. The Morgan fingerprint density at radius 1 is 1.23 bits per heavy atom. The summed E-state index contributed by atoms with van der Waals surface area (Å²) >= 11 is 0. The quantitative estimate of drug-likeness (QED) is 0.852. The van der Waals surface area contributed by atoms with E-state index in [-0.39, 0.29) is 5.65 Å². The van der Waals surface area contributed by atoms with E-state index in [0.717, 1.165) is 32.1 Å². The van der Waals surface area contributed by atoms with Crippen molar-refractivity contribution in [3.8, 4) is 0 Å². The number of piperidine rings is 1. The van der Waals surface area contributed by atoms with Gasteiger partial charge in [-0.25, -0.2) is 9.97 Å². The molecule has 0 radical (unpaired) electrons. The van der Waals surface area contributed by atoms with Crippen LogP contribution in [0.1, 0.15) is 18.5 Å². The van der Waals surface area contributed by atoms with Gasteiger partial charge in [0, 0.05) is 37.7 Å². The number of rotatable bonds is 2. The Kier molecular flexibility index (Phi) is 3.72. The molecule has 1 fully saturated rings. The second-order valence-electron chi connectivity index (χ2n) is 5.79. The summed E-state index contributed by atoms with van der Waals surface area (Å²) in [5.41, 5.74) is -0.622. The maximum Gasteiger partial charge on any atom is 0.434 e. The average molecular weight is 313 g/mol. The molecule has 0 spiro atoms. The van der Waals surface area contributed by atoms with Crippen LogP contribution in [-0.2, 0) is 6.18 Å². The van der Waals surface area contributed by atoms with Gasteiger partial charge in [0.25, 0.3) is 0 Å². The molecule has 1 saturated heterocycles. The molecule has 0 bridgehead atoms. The molecule has 0 unspecified atom stereocenters. The summed E-state index contributed by atoms with van der Waals surface area (Å²) in [7, 11) is 4.09. The zero-order valence-electron chi connectivity index (χ0n) is 12.5. The molecule has 0 aromatic carbocycles. The highest BCUT2D eigenvalue weighted by Crippen LogP contribution is 2.30. The first-order valence-corrected chi connectivity index (χ1v) is 7.18. The molecule has 1 aliphatic heterocycles. The van der Waals surface area contributed by atoms with E-state index in [4.69, 9.17) is 0 Å². The van der Waals surface area contributed by atoms with Crippen molar-refractivity contribution in [1.82, 2.24) is 19.3 Å². The summed E-state index contributed by atoms with van der Waals surface area (Å²) in [6, 6.07) is 0.501. The second kappa shape index (κ2) is 5.42. The molecule has 3 rings (SSSR count). The molecule has 0 N–H and O–H groups in total. The third-order valence-corrected chi connectivity index (χ3v) is 4.14. The van der Waals surface area contributed by atoms with Gasteiger partial charge in [-0.05, 0) is 26.9 Å². The van der Waals surface area contributed by atoms with Crippen LogP contribution in [0.4, 0.5) is 19.0 Å². The van der Waals surface area contributed by atoms with Gasteiger partial charge in [0.05, 0.1) is 0 Å². The summed E-state index contributed by atoms with van der Waals surface area (Å²) in [5, 5.41) is 0. The third-order valence-electron chi connectivity index (χ3n) is 4.14. The molecule has 22 heavy (non-hydrogen) atoms. The summed E-state index contributed by atoms with van der Waals surface area (Å²) in [4.78, 5) is 12.2. The summed E-state index contributed by atoms with van der Waals surface area (Å²) < 4.78 is 39.9. The number of halogens is 3. The Labute approximate surface area is 126 Å². The molecule has 0 aliphatic carbocycles. The lowest BCUT2D eigenvalue weighted by Crippen LogP contribution is -2.42. The van der Waals surface area contributed by atoms with Crippen LogP contribution >= 0.6 is 0 Å². The molecular weight excluding hydrogens is 295 g/mol. The van der Waals surface area contributed by atoms with Gasteiger partial charge >= 0.3 is 6.18 Å². The fourth-order valence-electron chi connectivity index (χ4n) is 2.86. The van der Waals surface area contributed by atoms with Crippen molar-refractivity contribution >= 4 is 11.5 Å². The molecule has 1 aliphatic rings. The highest BCUT2D eigenvalue weighted by atomic mass is 19.4. The number of imidazole rings is 1. The topological polar surface area (TPSA) is 36.7 Å². The standard InChI is InChI=1S/C14H18F3N5/c1-20(2)10-3-6-21(7-4-10)12-13-19-11(14(15,16)17)9-22(13)8-5-18-12/h5,8-10H,3-4,6-7H2,1-2H3. The largest absolute Gasteiger partial charge is 0.434 e. The molecule has 3 heterocycles. The summed E-state index contributed by atoms with van der Waals surface area (Å²) in [6.07, 6.45) is 1.50. The zero-order chi connectivity index (χ0) is 15.9. The van der Waals surface area contributed by atoms with Crippen LogP contribution in [0.25, 0.3) is 5.65 Å². The molecule has 5 nitrogen and oxygen atoms in total. The molecule has 0 amide bonds. The van der Waals surface area contributed by atoms with Crippen LogP contribution in [0.15, 0.2) is 18.6 Å². The minimum absolute atomic E-state index is 0.262. The monoisotopic (exact) mass is 313 g/mol. The lowest BCUT2D eigenvalue weighted by atomic mass is 10.0. The molecule has 0 saturated carbocycles. The van der Waals surface area contributed by atoms with Crippen molar-refractivity contribution in [2.45, 2.75) is 25.1 Å². The number of alkyl halides is 3.